The van der Waals surface area contributed by atoms with Crippen molar-refractivity contribution in [3.05, 3.63) is 18.2 Å². The van der Waals surface area contributed by atoms with Crippen LogP contribution in [-0.2, 0) is 4.79 Å². The van der Waals surface area contributed by atoms with Crippen molar-refractivity contribution in [1.82, 2.24) is 10.3 Å². The molecule has 5 nitrogen and oxygen atoms in total. The van der Waals surface area contributed by atoms with E-state index in [1.807, 2.05) is 23.1 Å². The number of nitrogens with one attached hydrogen (secondary N) is 1. The molecule has 22 heavy (non-hydrogen) atoms. The van der Waals surface area contributed by atoms with Crippen molar-refractivity contribution in [1.29, 1.82) is 0 Å². The van der Waals surface area contributed by atoms with Gasteiger partial charge in [0, 0.05) is 19.2 Å². The number of benzene rings is 1. The van der Waals surface area contributed by atoms with E-state index in [0.29, 0.717) is 13.1 Å². The number of amides is 1. The summed E-state index contributed by atoms with van der Waals surface area (Å²) in [6.07, 6.45) is -2.51. The van der Waals surface area contributed by atoms with Crippen molar-refractivity contribution in [2.45, 2.75) is 6.43 Å². The number of rotatable bonds is 5. The summed E-state index contributed by atoms with van der Waals surface area (Å²) < 4.78 is 30.3. The summed E-state index contributed by atoms with van der Waals surface area (Å²) in [5.74, 6) is 0.178. The lowest BCUT2D eigenvalue weighted by atomic mass is 10.0. The molecule has 118 valence electrons. The Hall–Kier alpha value is -1.96. The lowest BCUT2D eigenvalue weighted by Gasteiger charge is -2.37. The highest BCUT2D eigenvalue weighted by atomic mass is 32.1. The molecule has 1 aromatic heterocycles. The van der Waals surface area contributed by atoms with Gasteiger partial charge in [0.05, 0.1) is 29.8 Å². The first-order valence-corrected chi connectivity index (χ1v) is 7.64. The fourth-order valence-corrected chi connectivity index (χ4v) is 3.24. The number of carbonyl (C=O) groups excluding carboxylic acids is 1. The largest absolute Gasteiger partial charge is 0.497 e. The number of hydrogen-bond donors (Lipinski definition) is 1. The minimum Gasteiger partial charge on any atom is -0.497 e. The highest BCUT2D eigenvalue weighted by Crippen LogP contribution is 2.34. The summed E-state index contributed by atoms with van der Waals surface area (Å²) in [6, 6.07) is 5.69. The van der Waals surface area contributed by atoms with Crippen molar-refractivity contribution in [2.75, 3.05) is 31.6 Å². The minimum atomic E-state index is -2.51. The Morgan fingerprint density at radius 3 is 3.00 bits per heavy atom. The number of halogens is 2. The van der Waals surface area contributed by atoms with E-state index in [1.165, 1.54) is 11.3 Å². The Bertz CT molecular complexity index is 686. The van der Waals surface area contributed by atoms with E-state index < -0.39 is 13.0 Å². The molecule has 1 fully saturated rings. The highest BCUT2D eigenvalue weighted by molar-refractivity contribution is 7.22. The highest BCUT2D eigenvalue weighted by Gasteiger charge is 2.34. The molecule has 2 heterocycles. The van der Waals surface area contributed by atoms with Gasteiger partial charge in [0.25, 0.3) is 6.43 Å². The molecule has 1 N–H and O–H groups in total. The molecule has 2 aromatic rings. The predicted molar refractivity (Wildman–Crippen MR) is 80.9 cm³/mol. The fraction of sp³-hybridized carbons (Fsp3) is 0.429. The summed E-state index contributed by atoms with van der Waals surface area (Å²) >= 11 is 1.54. The predicted octanol–water partition coefficient (Wildman–Crippen LogP) is 2.12. The number of methoxy groups -OCH3 is 1. The normalized spacial score (nSPS) is 15.2. The smallest absolute Gasteiger partial charge is 0.255 e. The van der Waals surface area contributed by atoms with Gasteiger partial charge in [-0.25, -0.2) is 13.8 Å². The van der Waals surface area contributed by atoms with Crippen LogP contribution >= 0.6 is 11.3 Å². The van der Waals surface area contributed by atoms with Crippen LogP contribution in [0, 0.1) is 5.92 Å². The van der Waals surface area contributed by atoms with Gasteiger partial charge < -0.3 is 15.0 Å². The zero-order valence-electron chi connectivity index (χ0n) is 11.9. The summed E-state index contributed by atoms with van der Waals surface area (Å²) in [5.41, 5.74) is 0.852. The van der Waals surface area contributed by atoms with Gasteiger partial charge in [-0.15, -0.1) is 0 Å². The van der Waals surface area contributed by atoms with E-state index in [-0.39, 0.29) is 11.8 Å². The molecule has 1 aliphatic heterocycles. The molecule has 0 saturated carbocycles. The zero-order valence-corrected chi connectivity index (χ0v) is 12.7. The van der Waals surface area contributed by atoms with E-state index in [0.717, 1.165) is 21.1 Å². The molecule has 0 aliphatic carbocycles. The van der Waals surface area contributed by atoms with Crippen LogP contribution in [0.15, 0.2) is 18.2 Å². The van der Waals surface area contributed by atoms with Gasteiger partial charge in [-0.2, -0.15) is 0 Å². The van der Waals surface area contributed by atoms with Crippen molar-refractivity contribution < 1.29 is 18.3 Å². The second kappa shape index (κ2) is 6.04. The molecule has 0 radical (unpaired) electrons. The quantitative estimate of drug-likeness (QED) is 0.914. The van der Waals surface area contributed by atoms with Gasteiger partial charge in [0.15, 0.2) is 5.13 Å². The van der Waals surface area contributed by atoms with Crippen LogP contribution in [0.2, 0.25) is 0 Å². The molecule has 1 saturated heterocycles. The van der Waals surface area contributed by atoms with Crippen molar-refractivity contribution in [3.63, 3.8) is 0 Å². The Kier molecular flexibility index (Phi) is 4.10. The number of thiazole rings is 1. The maximum absolute atomic E-state index is 12.1. The number of fused-ring (bicyclic) bond motifs is 1. The molecular formula is C14H15F2N3O2S. The van der Waals surface area contributed by atoms with Gasteiger partial charge in [-0.3, -0.25) is 4.79 Å². The molecule has 8 heteroatoms. The maximum Gasteiger partial charge on any atom is 0.255 e. The van der Waals surface area contributed by atoms with Gasteiger partial charge in [0.2, 0.25) is 5.91 Å². The molecule has 3 rings (SSSR count). The lowest BCUT2D eigenvalue weighted by molar-refractivity contribution is -0.126. The third-order valence-electron chi connectivity index (χ3n) is 3.54. The van der Waals surface area contributed by atoms with E-state index in [1.54, 1.807) is 7.11 Å². The Morgan fingerprint density at radius 2 is 2.32 bits per heavy atom. The Morgan fingerprint density at radius 1 is 1.55 bits per heavy atom. The molecule has 1 amide bonds. The number of anilines is 1. The second-order valence-electron chi connectivity index (χ2n) is 5.07. The minimum absolute atomic E-state index is 0.250. The number of nitrogens with zero attached hydrogens (tertiary/aromatic N) is 2. The zero-order chi connectivity index (χ0) is 15.7. The van der Waals surface area contributed by atoms with Gasteiger partial charge in [-0.1, -0.05) is 11.3 Å². The summed E-state index contributed by atoms with van der Waals surface area (Å²) in [7, 11) is 1.60. The molecule has 1 aliphatic rings. The van der Waals surface area contributed by atoms with Crippen molar-refractivity contribution >= 4 is 32.6 Å². The fourth-order valence-electron chi connectivity index (χ4n) is 2.28. The molecular weight excluding hydrogens is 312 g/mol. The topological polar surface area (TPSA) is 54.5 Å². The summed E-state index contributed by atoms with van der Waals surface area (Å²) in [5, 5.41) is 3.08. The maximum atomic E-state index is 12.1. The molecule has 0 spiro atoms. The van der Waals surface area contributed by atoms with Gasteiger partial charge in [0.1, 0.15) is 5.75 Å². The van der Waals surface area contributed by atoms with Gasteiger partial charge >= 0.3 is 0 Å². The standard InChI is InChI=1S/C14H15F2N3O2S/c1-21-9-2-3-11-10(4-9)18-14(22-11)19-6-8(7-19)13(20)17-5-12(15)16/h2-4,8,12H,5-7H2,1H3,(H,17,20). The number of carbonyl (C=O) groups is 1. The second-order valence-corrected chi connectivity index (χ2v) is 6.08. The monoisotopic (exact) mass is 327 g/mol. The first-order chi connectivity index (χ1) is 10.6. The third kappa shape index (κ3) is 2.96. The summed E-state index contributed by atoms with van der Waals surface area (Å²) in [4.78, 5) is 18.2. The average Bonchev–Trinajstić information content (AvgIpc) is 2.85. The number of ether oxygens (including phenoxy) is 1. The van der Waals surface area contributed by atoms with Crippen LogP contribution in [0.5, 0.6) is 5.75 Å². The number of hydrogen-bond acceptors (Lipinski definition) is 5. The summed E-state index contributed by atoms with van der Waals surface area (Å²) in [6.45, 7) is 0.425. The van der Waals surface area contributed by atoms with Crippen LogP contribution in [0.25, 0.3) is 10.2 Å². The SMILES string of the molecule is COc1ccc2sc(N3CC(C(=O)NCC(F)F)C3)nc2c1. The first kappa shape index (κ1) is 15.0. The van der Waals surface area contributed by atoms with Crippen LogP contribution in [-0.4, -0.2) is 44.1 Å². The van der Waals surface area contributed by atoms with Crippen molar-refractivity contribution in [3.8, 4) is 5.75 Å². The first-order valence-electron chi connectivity index (χ1n) is 6.82. The van der Waals surface area contributed by atoms with E-state index in [9.17, 15) is 13.6 Å². The molecule has 0 unspecified atom stereocenters. The van der Waals surface area contributed by atoms with E-state index in [4.69, 9.17) is 4.74 Å². The van der Waals surface area contributed by atoms with Crippen LogP contribution in [0.1, 0.15) is 0 Å². The number of alkyl halides is 2. The van der Waals surface area contributed by atoms with Gasteiger partial charge in [-0.05, 0) is 12.1 Å². The Labute approximate surface area is 129 Å². The van der Waals surface area contributed by atoms with Crippen LogP contribution in [0.4, 0.5) is 13.9 Å². The Balaban J connectivity index is 1.61. The van der Waals surface area contributed by atoms with E-state index >= 15 is 0 Å². The third-order valence-corrected chi connectivity index (χ3v) is 4.63. The molecule has 1 aromatic carbocycles. The molecule has 0 bridgehead atoms. The van der Waals surface area contributed by atoms with E-state index in [2.05, 4.69) is 10.3 Å². The molecule has 0 atom stereocenters. The van der Waals surface area contributed by atoms with Crippen LogP contribution < -0.4 is 15.0 Å². The van der Waals surface area contributed by atoms with Crippen molar-refractivity contribution in [2.24, 2.45) is 5.92 Å². The number of aromatic nitrogens is 1. The van der Waals surface area contributed by atoms with Crippen LogP contribution in [0.3, 0.4) is 0 Å². The lowest BCUT2D eigenvalue weighted by Crippen LogP contribution is -2.54. The average molecular weight is 327 g/mol.